The SMILES string of the molecule is CCOC(=O)[C@H]1CC(=O)[C@@H]1[C@](O)(/C=C/c1cccc(Br)c1)C(=O)OC(C)C. The van der Waals surface area contributed by atoms with Gasteiger partial charge in [0, 0.05) is 10.9 Å². The number of halogens is 1. The van der Waals surface area contributed by atoms with Crippen molar-refractivity contribution in [3.63, 3.8) is 0 Å². The Labute approximate surface area is 166 Å². The molecule has 0 spiro atoms. The van der Waals surface area contributed by atoms with Gasteiger partial charge in [-0.2, -0.15) is 0 Å². The molecule has 1 saturated carbocycles. The van der Waals surface area contributed by atoms with Crippen molar-refractivity contribution in [2.75, 3.05) is 6.61 Å². The first-order chi connectivity index (χ1) is 12.7. The van der Waals surface area contributed by atoms with Crippen molar-refractivity contribution in [3.8, 4) is 0 Å². The second kappa shape index (κ2) is 8.80. The molecule has 0 saturated heterocycles. The normalized spacial score (nSPS) is 21.6. The van der Waals surface area contributed by atoms with E-state index in [9.17, 15) is 19.5 Å². The molecule has 3 atom stereocenters. The summed E-state index contributed by atoms with van der Waals surface area (Å²) >= 11 is 3.35. The van der Waals surface area contributed by atoms with E-state index in [-0.39, 0.29) is 18.8 Å². The first-order valence-corrected chi connectivity index (χ1v) is 9.56. The molecule has 1 aliphatic rings. The van der Waals surface area contributed by atoms with E-state index in [4.69, 9.17) is 9.47 Å². The highest BCUT2D eigenvalue weighted by atomic mass is 79.9. The smallest absolute Gasteiger partial charge is 0.343 e. The summed E-state index contributed by atoms with van der Waals surface area (Å²) in [5, 5.41) is 11.1. The maximum Gasteiger partial charge on any atom is 0.343 e. The fourth-order valence-corrected chi connectivity index (χ4v) is 3.40. The van der Waals surface area contributed by atoms with Crippen molar-refractivity contribution in [2.24, 2.45) is 11.8 Å². The summed E-state index contributed by atoms with van der Waals surface area (Å²) in [6, 6.07) is 7.20. The Morgan fingerprint density at radius 2 is 2.11 bits per heavy atom. The number of esters is 2. The minimum absolute atomic E-state index is 0.0640. The van der Waals surface area contributed by atoms with E-state index in [1.165, 1.54) is 12.2 Å². The van der Waals surface area contributed by atoms with Crippen LogP contribution in [0.1, 0.15) is 32.8 Å². The molecule has 1 N–H and O–H groups in total. The first kappa shape index (κ1) is 21.3. The maximum atomic E-state index is 12.6. The molecular formula is C20H23BrO6. The van der Waals surface area contributed by atoms with Crippen LogP contribution in [0, 0.1) is 11.8 Å². The number of hydrogen-bond acceptors (Lipinski definition) is 6. The Balaban J connectivity index is 2.38. The van der Waals surface area contributed by atoms with Crippen LogP contribution in [0.4, 0.5) is 0 Å². The number of aliphatic hydroxyl groups is 1. The van der Waals surface area contributed by atoms with Crippen LogP contribution in [0.3, 0.4) is 0 Å². The number of carbonyl (C=O) groups excluding carboxylic acids is 3. The molecule has 7 heteroatoms. The lowest BCUT2D eigenvalue weighted by Crippen LogP contribution is -2.59. The highest BCUT2D eigenvalue weighted by molar-refractivity contribution is 9.10. The molecule has 0 unspecified atom stereocenters. The van der Waals surface area contributed by atoms with Gasteiger partial charge in [-0.3, -0.25) is 9.59 Å². The van der Waals surface area contributed by atoms with E-state index < -0.39 is 35.5 Å². The van der Waals surface area contributed by atoms with Gasteiger partial charge < -0.3 is 14.6 Å². The fraction of sp³-hybridized carbons (Fsp3) is 0.450. The average molecular weight is 439 g/mol. The second-order valence-electron chi connectivity index (χ2n) is 6.67. The number of benzene rings is 1. The summed E-state index contributed by atoms with van der Waals surface area (Å²) in [6.45, 7) is 5.09. The zero-order valence-corrected chi connectivity index (χ0v) is 17.1. The summed E-state index contributed by atoms with van der Waals surface area (Å²) in [6.07, 6.45) is 2.21. The molecule has 6 nitrogen and oxygen atoms in total. The summed E-state index contributed by atoms with van der Waals surface area (Å²) in [7, 11) is 0. The van der Waals surface area contributed by atoms with Gasteiger partial charge in [-0.15, -0.1) is 0 Å². The lowest BCUT2D eigenvalue weighted by molar-refractivity contribution is -0.185. The molecule has 146 valence electrons. The van der Waals surface area contributed by atoms with E-state index in [0.29, 0.717) is 5.56 Å². The van der Waals surface area contributed by atoms with Crippen molar-refractivity contribution in [1.29, 1.82) is 0 Å². The molecule has 0 aromatic heterocycles. The molecule has 0 aliphatic heterocycles. The van der Waals surface area contributed by atoms with E-state index in [1.807, 2.05) is 6.07 Å². The molecule has 0 heterocycles. The van der Waals surface area contributed by atoms with E-state index in [1.54, 1.807) is 39.0 Å². The lowest BCUT2D eigenvalue weighted by Gasteiger charge is -2.41. The highest BCUT2D eigenvalue weighted by Crippen LogP contribution is 2.41. The van der Waals surface area contributed by atoms with Gasteiger partial charge in [-0.1, -0.05) is 34.1 Å². The minimum Gasteiger partial charge on any atom is -0.466 e. The fourth-order valence-electron chi connectivity index (χ4n) is 2.99. The third-order valence-electron chi connectivity index (χ3n) is 4.28. The van der Waals surface area contributed by atoms with Crippen LogP contribution in [0.25, 0.3) is 6.08 Å². The lowest BCUT2D eigenvalue weighted by atomic mass is 9.63. The Hall–Kier alpha value is -1.99. The first-order valence-electron chi connectivity index (χ1n) is 8.76. The van der Waals surface area contributed by atoms with Crippen LogP contribution in [0.5, 0.6) is 0 Å². The van der Waals surface area contributed by atoms with Crippen LogP contribution in [0.15, 0.2) is 34.8 Å². The Kier molecular flexibility index (Phi) is 6.95. The Morgan fingerprint density at radius 3 is 2.67 bits per heavy atom. The van der Waals surface area contributed by atoms with Crippen LogP contribution >= 0.6 is 15.9 Å². The van der Waals surface area contributed by atoms with Crippen LogP contribution in [0.2, 0.25) is 0 Å². The molecule has 27 heavy (non-hydrogen) atoms. The standard InChI is InChI=1S/C20H23BrO6/c1-4-26-18(23)15-11-16(22)17(15)20(25,19(24)27-12(2)3)9-8-13-6-5-7-14(21)10-13/h5-10,12,15,17,25H,4,11H2,1-3H3/b9-8+/t15-,17+,20+/m0/s1. The number of hydrogen-bond donors (Lipinski definition) is 1. The quantitative estimate of drug-likeness (QED) is 0.658. The van der Waals surface area contributed by atoms with Gasteiger partial charge >= 0.3 is 11.9 Å². The topological polar surface area (TPSA) is 89.9 Å². The van der Waals surface area contributed by atoms with E-state index in [0.717, 1.165) is 4.47 Å². The summed E-state index contributed by atoms with van der Waals surface area (Å²) in [5.74, 6) is -4.06. The molecule has 1 aliphatic carbocycles. The van der Waals surface area contributed by atoms with Crippen LogP contribution < -0.4 is 0 Å². The molecule has 1 aromatic carbocycles. The van der Waals surface area contributed by atoms with Gasteiger partial charge in [-0.05, 0) is 44.5 Å². The average Bonchev–Trinajstić information content (AvgIpc) is 2.57. The monoisotopic (exact) mass is 438 g/mol. The number of Topliss-reactive ketones (excluding diaryl/α,β-unsaturated/α-hetero) is 1. The number of rotatable bonds is 7. The van der Waals surface area contributed by atoms with Gasteiger partial charge in [0.05, 0.1) is 24.5 Å². The number of ketones is 1. The Bertz CT molecular complexity index is 757. The number of ether oxygens (including phenoxy) is 2. The van der Waals surface area contributed by atoms with Crippen molar-refractivity contribution < 1.29 is 29.0 Å². The van der Waals surface area contributed by atoms with E-state index >= 15 is 0 Å². The van der Waals surface area contributed by atoms with Crippen molar-refractivity contribution >= 4 is 39.7 Å². The maximum absolute atomic E-state index is 12.6. The predicted octanol–water partition coefficient (Wildman–Crippen LogP) is 2.91. The van der Waals surface area contributed by atoms with Crippen molar-refractivity contribution in [2.45, 2.75) is 38.9 Å². The zero-order chi connectivity index (χ0) is 20.2. The summed E-state index contributed by atoms with van der Waals surface area (Å²) in [5.41, 5.74) is -1.54. The largest absolute Gasteiger partial charge is 0.466 e. The highest BCUT2D eigenvalue weighted by Gasteiger charge is 2.59. The van der Waals surface area contributed by atoms with Crippen LogP contribution in [-0.4, -0.2) is 41.1 Å². The van der Waals surface area contributed by atoms with Gasteiger partial charge in [0.25, 0.3) is 0 Å². The third kappa shape index (κ3) is 4.84. The molecule has 0 amide bonds. The van der Waals surface area contributed by atoms with Gasteiger partial charge in [0.2, 0.25) is 0 Å². The summed E-state index contributed by atoms with van der Waals surface area (Å²) < 4.78 is 11.0. The van der Waals surface area contributed by atoms with E-state index in [2.05, 4.69) is 15.9 Å². The second-order valence-corrected chi connectivity index (χ2v) is 7.59. The molecule has 1 fully saturated rings. The molecular weight excluding hydrogens is 416 g/mol. The zero-order valence-electron chi connectivity index (χ0n) is 15.5. The molecule has 0 bridgehead atoms. The van der Waals surface area contributed by atoms with Crippen molar-refractivity contribution in [1.82, 2.24) is 0 Å². The number of carbonyl (C=O) groups is 3. The third-order valence-corrected chi connectivity index (χ3v) is 4.78. The summed E-state index contributed by atoms with van der Waals surface area (Å²) in [4.78, 5) is 37.0. The van der Waals surface area contributed by atoms with Crippen molar-refractivity contribution in [3.05, 3.63) is 40.4 Å². The molecule has 1 aromatic rings. The predicted molar refractivity (Wildman–Crippen MR) is 103 cm³/mol. The van der Waals surface area contributed by atoms with Gasteiger partial charge in [0.15, 0.2) is 5.60 Å². The molecule has 0 radical (unpaired) electrons. The minimum atomic E-state index is -2.25. The Morgan fingerprint density at radius 1 is 1.41 bits per heavy atom. The van der Waals surface area contributed by atoms with Gasteiger partial charge in [0.1, 0.15) is 5.78 Å². The van der Waals surface area contributed by atoms with Gasteiger partial charge in [-0.25, -0.2) is 4.79 Å². The van der Waals surface area contributed by atoms with Crippen LogP contribution in [-0.2, 0) is 23.9 Å². The molecule has 2 rings (SSSR count).